The highest BCUT2D eigenvalue weighted by molar-refractivity contribution is 5.51. The molecule has 0 aliphatic rings. The third-order valence-corrected chi connectivity index (χ3v) is 3.14. The Morgan fingerprint density at radius 3 is 2.65 bits per heavy atom. The fourth-order valence-electron chi connectivity index (χ4n) is 2.13. The van der Waals surface area contributed by atoms with Crippen LogP contribution in [0.1, 0.15) is 24.7 Å². The van der Waals surface area contributed by atoms with Crippen molar-refractivity contribution in [1.82, 2.24) is 15.0 Å². The lowest BCUT2D eigenvalue weighted by Crippen LogP contribution is -2.07. The first kappa shape index (κ1) is 14.3. The largest absolute Gasteiger partial charge is 0.497 e. The maximum atomic E-state index is 5.73. The minimum Gasteiger partial charge on any atom is -0.497 e. The summed E-state index contributed by atoms with van der Waals surface area (Å²) in [5, 5.41) is 8.36. The molecular formula is C14H20N4O2. The van der Waals surface area contributed by atoms with Crippen LogP contribution in [0.4, 0.5) is 0 Å². The average molecular weight is 276 g/mol. The fraction of sp³-hybridized carbons (Fsp3) is 0.429. The minimum atomic E-state index is 0.377. The van der Waals surface area contributed by atoms with Gasteiger partial charge in [0.2, 0.25) is 0 Å². The Labute approximate surface area is 118 Å². The van der Waals surface area contributed by atoms with E-state index in [-0.39, 0.29) is 0 Å². The summed E-state index contributed by atoms with van der Waals surface area (Å²) in [5.41, 5.74) is 8.37. The Kier molecular flexibility index (Phi) is 4.57. The number of hydrogen-bond donors (Lipinski definition) is 1. The lowest BCUT2D eigenvalue weighted by atomic mass is 10.2. The summed E-state index contributed by atoms with van der Waals surface area (Å²) < 4.78 is 12.5. The van der Waals surface area contributed by atoms with Gasteiger partial charge >= 0.3 is 0 Å². The predicted molar refractivity (Wildman–Crippen MR) is 76.3 cm³/mol. The zero-order valence-corrected chi connectivity index (χ0v) is 12.1. The van der Waals surface area contributed by atoms with Gasteiger partial charge in [0.15, 0.2) is 0 Å². The van der Waals surface area contributed by atoms with Crippen LogP contribution in [-0.4, -0.2) is 29.2 Å². The van der Waals surface area contributed by atoms with Crippen molar-refractivity contribution in [2.24, 2.45) is 5.73 Å². The second kappa shape index (κ2) is 6.38. The van der Waals surface area contributed by atoms with E-state index >= 15 is 0 Å². The number of nitrogens with two attached hydrogens (primary N) is 1. The maximum absolute atomic E-state index is 5.73. The fourth-order valence-corrected chi connectivity index (χ4v) is 2.13. The zero-order valence-electron chi connectivity index (χ0n) is 12.1. The number of rotatable bonds is 6. The van der Waals surface area contributed by atoms with Gasteiger partial charge in [-0.05, 0) is 18.6 Å². The van der Waals surface area contributed by atoms with Crippen LogP contribution >= 0.6 is 0 Å². The number of benzene rings is 1. The maximum Gasteiger partial charge on any atom is 0.144 e. The van der Waals surface area contributed by atoms with Gasteiger partial charge in [-0.25, -0.2) is 4.68 Å². The van der Waals surface area contributed by atoms with Gasteiger partial charge in [-0.3, -0.25) is 0 Å². The zero-order chi connectivity index (χ0) is 14.5. The van der Waals surface area contributed by atoms with E-state index in [0.29, 0.717) is 6.54 Å². The summed E-state index contributed by atoms with van der Waals surface area (Å²) >= 11 is 0. The van der Waals surface area contributed by atoms with Crippen molar-refractivity contribution >= 4 is 0 Å². The molecule has 1 heterocycles. The molecule has 108 valence electrons. The number of hydrogen-bond acceptors (Lipinski definition) is 5. The molecule has 0 amide bonds. The van der Waals surface area contributed by atoms with Gasteiger partial charge in [0.1, 0.15) is 17.2 Å². The average Bonchev–Trinajstić information content (AvgIpc) is 2.89. The monoisotopic (exact) mass is 276 g/mol. The lowest BCUT2D eigenvalue weighted by molar-refractivity contribution is 0.400. The van der Waals surface area contributed by atoms with Gasteiger partial charge in [-0.15, -0.1) is 5.10 Å². The van der Waals surface area contributed by atoms with Gasteiger partial charge in [0.05, 0.1) is 25.6 Å². The van der Waals surface area contributed by atoms with E-state index < -0.39 is 0 Å². The van der Waals surface area contributed by atoms with Crippen molar-refractivity contribution < 1.29 is 9.47 Å². The Morgan fingerprint density at radius 2 is 2.05 bits per heavy atom. The second-order valence-corrected chi connectivity index (χ2v) is 4.39. The first-order valence-corrected chi connectivity index (χ1v) is 6.61. The third kappa shape index (κ3) is 2.60. The van der Waals surface area contributed by atoms with E-state index in [0.717, 1.165) is 41.4 Å². The molecule has 6 nitrogen and oxygen atoms in total. The normalized spacial score (nSPS) is 10.6. The molecule has 0 atom stereocenters. The molecule has 1 aromatic carbocycles. The summed E-state index contributed by atoms with van der Waals surface area (Å²) in [7, 11) is 3.26. The minimum absolute atomic E-state index is 0.377. The summed E-state index contributed by atoms with van der Waals surface area (Å²) in [6.45, 7) is 2.49. The lowest BCUT2D eigenvalue weighted by Gasteiger charge is -2.12. The van der Waals surface area contributed by atoms with Crippen molar-refractivity contribution in [3.05, 3.63) is 29.6 Å². The molecule has 0 saturated heterocycles. The molecule has 2 N–H and O–H groups in total. The molecule has 0 saturated carbocycles. The highest BCUT2D eigenvalue weighted by atomic mass is 16.5. The van der Waals surface area contributed by atoms with Crippen molar-refractivity contribution in [3.8, 4) is 17.2 Å². The SMILES string of the molecule is CCCc1c(CN)nnn1-c1cc(OC)ccc1OC. The molecular weight excluding hydrogens is 256 g/mol. The quantitative estimate of drug-likeness (QED) is 0.869. The molecule has 0 bridgehead atoms. The Bertz CT molecular complexity index is 581. The molecule has 1 aromatic heterocycles. The van der Waals surface area contributed by atoms with Gasteiger partial charge in [-0.2, -0.15) is 0 Å². The Morgan fingerprint density at radius 1 is 1.25 bits per heavy atom. The van der Waals surface area contributed by atoms with Crippen LogP contribution < -0.4 is 15.2 Å². The molecule has 0 spiro atoms. The molecule has 2 rings (SSSR count). The summed E-state index contributed by atoms with van der Waals surface area (Å²) in [5.74, 6) is 1.46. The van der Waals surface area contributed by atoms with Crippen LogP contribution in [-0.2, 0) is 13.0 Å². The van der Waals surface area contributed by atoms with Crippen molar-refractivity contribution in [3.63, 3.8) is 0 Å². The molecule has 6 heteroatoms. The van der Waals surface area contributed by atoms with E-state index in [1.807, 2.05) is 18.2 Å². The van der Waals surface area contributed by atoms with Gasteiger partial charge < -0.3 is 15.2 Å². The van der Waals surface area contributed by atoms with Crippen LogP contribution in [0.2, 0.25) is 0 Å². The van der Waals surface area contributed by atoms with Crippen LogP contribution in [0, 0.1) is 0 Å². The summed E-state index contributed by atoms with van der Waals surface area (Å²) in [6.07, 6.45) is 1.85. The highest BCUT2D eigenvalue weighted by Gasteiger charge is 2.16. The van der Waals surface area contributed by atoms with Crippen LogP contribution in [0.15, 0.2) is 18.2 Å². The topological polar surface area (TPSA) is 75.2 Å². The molecule has 0 aliphatic heterocycles. The van der Waals surface area contributed by atoms with Crippen LogP contribution in [0.5, 0.6) is 11.5 Å². The summed E-state index contributed by atoms with van der Waals surface area (Å²) in [6, 6.07) is 5.59. The Hall–Kier alpha value is -2.08. The van der Waals surface area contributed by atoms with Crippen molar-refractivity contribution in [2.75, 3.05) is 14.2 Å². The highest BCUT2D eigenvalue weighted by Crippen LogP contribution is 2.28. The number of ether oxygens (including phenoxy) is 2. The molecule has 20 heavy (non-hydrogen) atoms. The molecule has 0 aliphatic carbocycles. The van der Waals surface area contributed by atoms with E-state index in [1.165, 1.54) is 0 Å². The number of methoxy groups -OCH3 is 2. The van der Waals surface area contributed by atoms with Crippen LogP contribution in [0.25, 0.3) is 5.69 Å². The molecule has 2 aromatic rings. The molecule has 0 fully saturated rings. The van der Waals surface area contributed by atoms with Gasteiger partial charge in [0.25, 0.3) is 0 Å². The van der Waals surface area contributed by atoms with Crippen molar-refractivity contribution in [1.29, 1.82) is 0 Å². The molecule has 0 radical (unpaired) electrons. The van der Waals surface area contributed by atoms with Gasteiger partial charge in [0, 0.05) is 12.6 Å². The van der Waals surface area contributed by atoms with E-state index in [1.54, 1.807) is 18.9 Å². The Balaban J connectivity index is 2.57. The second-order valence-electron chi connectivity index (χ2n) is 4.39. The van der Waals surface area contributed by atoms with E-state index in [4.69, 9.17) is 15.2 Å². The standard InChI is InChI=1S/C14H20N4O2/c1-4-5-12-11(9-15)16-17-18(12)13-8-10(19-2)6-7-14(13)20-3/h6-8H,4-5,9,15H2,1-3H3. The van der Waals surface area contributed by atoms with Gasteiger partial charge in [-0.1, -0.05) is 18.6 Å². The predicted octanol–water partition coefficient (Wildman–Crippen LogP) is 1.70. The third-order valence-electron chi connectivity index (χ3n) is 3.14. The molecule has 0 unspecified atom stereocenters. The van der Waals surface area contributed by atoms with Crippen LogP contribution in [0.3, 0.4) is 0 Å². The smallest absolute Gasteiger partial charge is 0.144 e. The van der Waals surface area contributed by atoms with Crippen molar-refractivity contribution in [2.45, 2.75) is 26.3 Å². The number of nitrogens with zero attached hydrogens (tertiary/aromatic N) is 3. The van der Waals surface area contributed by atoms with E-state index in [9.17, 15) is 0 Å². The van der Waals surface area contributed by atoms with E-state index in [2.05, 4.69) is 17.2 Å². The first-order chi connectivity index (χ1) is 9.74. The summed E-state index contributed by atoms with van der Waals surface area (Å²) in [4.78, 5) is 0. The number of aromatic nitrogens is 3. The first-order valence-electron chi connectivity index (χ1n) is 6.61.